The van der Waals surface area contributed by atoms with Gasteiger partial charge in [0.15, 0.2) is 0 Å². The minimum Gasteiger partial charge on any atom is -0.692 e. The lowest BCUT2D eigenvalue weighted by molar-refractivity contribution is -0.644. The molecule has 0 saturated heterocycles. The van der Waals surface area contributed by atoms with Gasteiger partial charge in [-0.25, -0.2) is 0 Å². The molecule has 0 spiro atoms. The summed E-state index contributed by atoms with van der Waals surface area (Å²) in [4.78, 5) is 0.673. The van der Waals surface area contributed by atoms with Crippen molar-refractivity contribution in [1.29, 1.82) is 0 Å². The number of nitrogens with zero attached hydrogens (tertiary/aromatic N) is 2. The highest BCUT2D eigenvalue weighted by Gasteiger charge is 2.11. The maximum Gasteiger partial charge on any atom is 0.250 e. The van der Waals surface area contributed by atoms with Crippen molar-refractivity contribution >= 4 is 11.0 Å². The van der Waals surface area contributed by atoms with Crippen molar-refractivity contribution in [2.45, 2.75) is 20.8 Å². The minimum absolute atomic E-state index is 0.560. The van der Waals surface area contributed by atoms with Gasteiger partial charge in [0.25, 0.3) is 0 Å². The molecular formula is C15H15N3O. The van der Waals surface area contributed by atoms with Crippen molar-refractivity contribution in [3.63, 3.8) is 0 Å². The second-order valence-corrected chi connectivity index (χ2v) is 4.89. The number of aromatic amines is 1. The zero-order valence-corrected chi connectivity index (χ0v) is 11.2. The molecule has 0 aliphatic heterocycles. The fraction of sp³-hybridized carbons (Fsp3) is 0.200. The van der Waals surface area contributed by atoms with Gasteiger partial charge in [-0.15, -0.1) is 0 Å². The SMILES string of the molecule is Cc1ccc(-c2ccc3c(c2)n[nH][n+]3[O-])c(C)c1C. The molecule has 0 aliphatic carbocycles. The first-order valence-electron chi connectivity index (χ1n) is 6.23. The van der Waals surface area contributed by atoms with Crippen molar-refractivity contribution in [2.75, 3.05) is 0 Å². The molecule has 3 rings (SSSR count). The molecule has 0 atom stereocenters. The van der Waals surface area contributed by atoms with Crippen LogP contribution in [0.3, 0.4) is 0 Å². The van der Waals surface area contributed by atoms with E-state index < -0.39 is 0 Å². The number of hydrogen-bond acceptors (Lipinski definition) is 2. The largest absolute Gasteiger partial charge is 0.692 e. The van der Waals surface area contributed by atoms with Gasteiger partial charge in [-0.2, -0.15) is 4.85 Å². The Morgan fingerprint density at radius 2 is 1.84 bits per heavy atom. The van der Waals surface area contributed by atoms with Crippen LogP contribution in [-0.4, -0.2) is 10.3 Å². The number of H-pyrrole nitrogens is 1. The number of rotatable bonds is 1. The molecule has 4 nitrogen and oxygen atoms in total. The van der Waals surface area contributed by atoms with Crippen LogP contribution < -0.4 is 4.85 Å². The van der Waals surface area contributed by atoms with Crippen molar-refractivity contribution < 1.29 is 4.85 Å². The number of aromatic nitrogens is 3. The summed E-state index contributed by atoms with van der Waals surface area (Å²) in [7, 11) is 0. The summed E-state index contributed by atoms with van der Waals surface area (Å²) in [6.07, 6.45) is 0. The van der Waals surface area contributed by atoms with Crippen LogP contribution in [0.1, 0.15) is 16.7 Å². The van der Waals surface area contributed by atoms with Gasteiger partial charge in [0.1, 0.15) is 0 Å². The van der Waals surface area contributed by atoms with Gasteiger partial charge in [-0.05, 0) is 60.7 Å². The van der Waals surface area contributed by atoms with Crippen molar-refractivity contribution in [2.24, 2.45) is 0 Å². The molecule has 2 aromatic carbocycles. The van der Waals surface area contributed by atoms with E-state index in [1.165, 1.54) is 22.3 Å². The average molecular weight is 253 g/mol. The Bertz CT molecular complexity index is 774. The lowest BCUT2D eigenvalue weighted by Crippen LogP contribution is -2.27. The third kappa shape index (κ3) is 1.76. The molecule has 19 heavy (non-hydrogen) atoms. The third-order valence-electron chi connectivity index (χ3n) is 3.82. The fourth-order valence-corrected chi connectivity index (χ4v) is 2.37. The van der Waals surface area contributed by atoms with Crippen LogP contribution in [0.5, 0.6) is 0 Å². The highest BCUT2D eigenvalue weighted by Crippen LogP contribution is 2.28. The predicted octanol–water partition coefficient (Wildman–Crippen LogP) is 2.79. The highest BCUT2D eigenvalue weighted by molar-refractivity contribution is 5.80. The lowest BCUT2D eigenvalue weighted by atomic mass is 9.94. The Kier molecular flexibility index (Phi) is 2.52. The van der Waals surface area contributed by atoms with E-state index in [1.54, 1.807) is 6.07 Å². The van der Waals surface area contributed by atoms with Crippen molar-refractivity contribution in [3.05, 3.63) is 52.2 Å². The minimum atomic E-state index is 0.560. The topological polar surface area (TPSA) is 55.6 Å². The number of benzene rings is 2. The zero-order chi connectivity index (χ0) is 13.6. The summed E-state index contributed by atoms with van der Waals surface area (Å²) in [5.74, 6) is 0. The Hall–Kier alpha value is -2.36. The van der Waals surface area contributed by atoms with E-state index in [2.05, 4.69) is 43.2 Å². The first-order chi connectivity index (χ1) is 9.08. The highest BCUT2D eigenvalue weighted by atomic mass is 16.5. The maximum absolute atomic E-state index is 11.4. The standard InChI is InChI=1S/C15H15N3O/c1-9-4-6-13(11(3)10(9)2)12-5-7-15-14(8-12)16-17-18(15)19/h4-8,17H,1-3H3. The molecule has 4 heteroatoms. The van der Waals surface area contributed by atoms with Gasteiger partial charge in [0.2, 0.25) is 11.0 Å². The molecule has 1 N–H and O–H groups in total. The fourth-order valence-electron chi connectivity index (χ4n) is 2.37. The number of aryl methyl sites for hydroxylation is 1. The summed E-state index contributed by atoms with van der Waals surface area (Å²) in [5.41, 5.74) is 7.38. The van der Waals surface area contributed by atoms with Crippen LogP contribution in [0.4, 0.5) is 0 Å². The van der Waals surface area contributed by atoms with Crippen LogP contribution >= 0.6 is 0 Å². The number of hydrogen-bond donors (Lipinski definition) is 1. The normalized spacial score (nSPS) is 11.1. The van der Waals surface area contributed by atoms with Crippen LogP contribution in [0, 0.1) is 26.0 Å². The monoisotopic (exact) mass is 253 g/mol. The second-order valence-electron chi connectivity index (χ2n) is 4.89. The van der Waals surface area contributed by atoms with Crippen LogP contribution in [0.2, 0.25) is 0 Å². The van der Waals surface area contributed by atoms with E-state index in [4.69, 9.17) is 0 Å². The third-order valence-corrected chi connectivity index (χ3v) is 3.82. The van der Waals surface area contributed by atoms with Gasteiger partial charge in [0.05, 0.1) is 0 Å². The molecule has 0 radical (unpaired) electrons. The zero-order valence-electron chi connectivity index (χ0n) is 11.2. The first kappa shape index (κ1) is 11.7. The smallest absolute Gasteiger partial charge is 0.250 e. The van der Waals surface area contributed by atoms with Gasteiger partial charge in [-0.3, -0.25) is 0 Å². The molecular weight excluding hydrogens is 238 g/mol. The Balaban J connectivity index is 2.22. The summed E-state index contributed by atoms with van der Waals surface area (Å²) < 4.78 is 0. The van der Waals surface area contributed by atoms with E-state index in [9.17, 15) is 5.21 Å². The van der Waals surface area contributed by atoms with Crippen LogP contribution in [-0.2, 0) is 0 Å². The Morgan fingerprint density at radius 1 is 1.05 bits per heavy atom. The molecule has 1 heterocycles. The Morgan fingerprint density at radius 3 is 2.63 bits per heavy atom. The molecule has 0 unspecified atom stereocenters. The molecule has 3 aromatic rings. The molecule has 0 fully saturated rings. The summed E-state index contributed by atoms with van der Waals surface area (Å²) in [6.45, 7) is 6.37. The van der Waals surface area contributed by atoms with E-state index in [0.717, 1.165) is 5.56 Å². The van der Waals surface area contributed by atoms with E-state index in [-0.39, 0.29) is 0 Å². The second kappa shape index (κ2) is 4.09. The van der Waals surface area contributed by atoms with Gasteiger partial charge in [-0.1, -0.05) is 17.3 Å². The van der Waals surface area contributed by atoms with E-state index >= 15 is 0 Å². The molecule has 1 aromatic heterocycles. The quantitative estimate of drug-likeness (QED) is 0.535. The van der Waals surface area contributed by atoms with Crippen LogP contribution in [0.25, 0.3) is 22.2 Å². The van der Waals surface area contributed by atoms with Crippen molar-refractivity contribution in [3.8, 4) is 11.1 Å². The lowest BCUT2D eigenvalue weighted by Gasteiger charge is -2.11. The van der Waals surface area contributed by atoms with Gasteiger partial charge >= 0.3 is 0 Å². The molecule has 0 aliphatic rings. The Labute approximate surface area is 111 Å². The summed E-state index contributed by atoms with van der Waals surface area (Å²) in [5, 5.41) is 17.8. The predicted molar refractivity (Wildman–Crippen MR) is 74.7 cm³/mol. The van der Waals surface area contributed by atoms with Gasteiger partial charge in [0, 0.05) is 11.2 Å². The summed E-state index contributed by atoms with van der Waals surface area (Å²) >= 11 is 0. The maximum atomic E-state index is 11.4. The van der Waals surface area contributed by atoms with E-state index in [1.807, 2.05) is 12.1 Å². The van der Waals surface area contributed by atoms with Crippen LogP contribution in [0.15, 0.2) is 30.3 Å². The van der Waals surface area contributed by atoms with Gasteiger partial charge < -0.3 is 5.21 Å². The van der Waals surface area contributed by atoms with E-state index in [0.29, 0.717) is 15.9 Å². The average Bonchev–Trinajstić information content (AvgIpc) is 2.77. The number of fused-ring (bicyclic) bond motifs is 1. The molecule has 96 valence electrons. The first-order valence-corrected chi connectivity index (χ1v) is 6.23. The molecule has 0 saturated carbocycles. The van der Waals surface area contributed by atoms with Crippen molar-refractivity contribution in [1.82, 2.24) is 10.3 Å². The molecule has 0 amide bonds. The summed E-state index contributed by atoms with van der Waals surface area (Å²) in [6, 6.07) is 9.95. The molecule has 0 bridgehead atoms. The number of nitrogens with one attached hydrogen (secondary N) is 1.